The average Bonchev–Trinajstić information content (AvgIpc) is 3.19. The van der Waals surface area contributed by atoms with E-state index in [4.69, 9.17) is 19.4 Å². The lowest BCUT2D eigenvalue weighted by Crippen LogP contribution is -2.22. The Morgan fingerprint density at radius 2 is 1.90 bits per heavy atom. The van der Waals surface area contributed by atoms with Crippen molar-refractivity contribution in [3.8, 4) is 11.8 Å². The Labute approximate surface area is 177 Å². The van der Waals surface area contributed by atoms with Crippen molar-refractivity contribution in [1.29, 1.82) is 0 Å². The van der Waals surface area contributed by atoms with Gasteiger partial charge in [0.1, 0.15) is 11.9 Å². The van der Waals surface area contributed by atoms with Crippen LogP contribution in [0, 0.1) is 0 Å². The van der Waals surface area contributed by atoms with Crippen LogP contribution in [0.25, 0.3) is 5.65 Å². The van der Waals surface area contributed by atoms with E-state index in [1.165, 1.54) is 19.3 Å². The van der Waals surface area contributed by atoms with Gasteiger partial charge in [0.25, 0.3) is 0 Å². The summed E-state index contributed by atoms with van der Waals surface area (Å²) in [5, 5.41) is 8.05. The molecular formula is C23H31N5O2. The molecule has 7 nitrogen and oxygen atoms in total. The molecule has 160 valence electrons. The first-order chi connectivity index (χ1) is 14.5. The second-order valence-electron chi connectivity index (χ2n) is 8.34. The zero-order valence-corrected chi connectivity index (χ0v) is 18.3. The Hall–Kier alpha value is -2.83. The molecule has 7 heteroatoms. The van der Waals surface area contributed by atoms with Crippen molar-refractivity contribution >= 4 is 11.6 Å². The van der Waals surface area contributed by atoms with Crippen molar-refractivity contribution in [1.82, 2.24) is 19.6 Å². The van der Waals surface area contributed by atoms with Gasteiger partial charge in [-0.1, -0.05) is 32.4 Å². The molecule has 1 fully saturated rings. The number of fused-ring (bicyclic) bond motifs is 1. The van der Waals surface area contributed by atoms with Crippen LogP contribution in [-0.2, 0) is 0 Å². The maximum Gasteiger partial charge on any atom is 0.322 e. The molecule has 0 bridgehead atoms. The Morgan fingerprint density at radius 1 is 1.10 bits per heavy atom. The van der Waals surface area contributed by atoms with Gasteiger partial charge in [-0.3, -0.25) is 0 Å². The molecule has 1 N–H and O–H groups in total. The van der Waals surface area contributed by atoms with E-state index >= 15 is 0 Å². The molecule has 0 saturated heterocycles. The number of hydrogen-bond donors (Lipinski definition) is 1. The summed E-state index contributed by atoms with van der Waals surface area (Å²) in [4.78, 5) is 9.43. The second-order valence-corrected chi connectivity index (χ2v) is 8.34. The number of ether oxygens (including phenoxy) is 2. The summed E-state index contributed by atoms with van der Waals surface area (Å²) in [6, 6.07) is 8.46. The van der Waals surface area contributed by atoms with Crippen LogP contribution >= 0.6 is 0 Å². The number of rotatable bonds is 7. The molecule has 0 spiro atoms. The van der Waals surface area contributed by atoms with E-state index in [0.717, 1.165) is 35.4 Å². The molecule has 30 heavy (non-hydrogen) atoms. The van der Waals surface area contributed by atoms with Gasteiger partial charge in [0.2, 0.25) is 5.95 Å². The maximum atomic E-state index is 6.21. The minimum Gasteiger partial charge on any atom is -0.497 e. The molecular weight excluding hydrogens is 378 g/mol. The standard InChI is InChI=1S/C23H31N5O2/c1-15(2)20-14-24-28-21(20)26-23(30-18-10-6-5-7-11-18)27-22(28)25-16(3)17-9-8-12-19(13-17)29-4/h8-9,12-16,18H,5-7,10-11H2,1-4H3,(H,25,26,27)/t16-/m0/s1. The van der Waals surface area contributed by atoms with Gasteiger partial charge >= 0.3 is 6.01 Å². The lowest BCUT2D eigenvalue weighted by atomic mass is 9.98. The molecule has 2 aromatic heterocycles. The minimum absolute atomic E-state index is 0.00688. The number of methoxy groups -OCH3 is 1. The molecule has 0 amide bonds. The molecule has 1 atom stereocenters. The molecule has 2 heterocycles. The van der Waals surface area contributed by atoms with E-state index < -0.39 is 0 Å². The monoisotopic (exact) mass is 409 g/mol. The van der Waals surface area contributed by atoms with Crippen molar-refractivity contribution in [3.63, 3.8) is 0 Å². The summed E-state index contributed by atoms with van der Waals surface area (Å²) in [5.41, 5.74) is 2.99. The summed E-state index contributed by atoms with van der Waals surface area (Å²) in [7, 11) is 1.68. The fourth-order valence-corrected chi connectivity index (χ4v) is 3.95. The van der Waals surface area contributed by atoms with Crippen molar-refractivity contribution < 1.29 is 9.47 Å². The van der Waals surface area contributed by atoms with E-state index in [1.54, 1.807) is 11.6 Å². The Morgan fingerprint density at radius 3 is 2.63 bits per heavy atom. The minimum atomic E-state index is 0.00688. The van der Waals surface area contributed by atoms with Crippen LogP contribution < -0.4 is 14.8 Å². The van der Waals surface area contributed by atoms with Gasteiger partial charge in [-0.25, -0.2) is 0 Å². The van der Waals surface area contributed by atoms with Crippen molar-refractivity contribution in [2.45, 2.75) is 70.9 Å². The molecule has 1 aliphatic rings. The number of hydrogen-bond acceptors (Lipinski definition) is 6. The fraction of sp³-hybridized carbons (Fsp3) is 0.522. The van der Waals surface area contributed by atoms with E-state index in [2.05, 4.69) is 37.3 Å². The number of nitrogens with zero attached hydrogens (tertiary/aromatic N) is 4. The normalized spacial score (nSPS) is 16.0. The van der Waals surface area contributed by atoms with Crippen LogP contribution in [-0.4, -0.2) is 32.8 Å². The van der Waals surface area contributed by atoms with Gasteiger partial charge < -0.3 is 14.8 Å². The average molecular weight is 410 g/mol. The Balaban J connectivity index is 1.67. The van der Waals surface area contributed by atoms with Crippen molar-refractivity contribution in [3.05, 3.63) is 41.6 Å². The summed E-state index contributed by atoms with van der Waals surface area (Å²) in [6.45, 7) is 6.39. The molecule has 1 aromatic carbocycles. The number of anilines is 1. The highest BCUT2D eigenvalue weighted by Gasteiger charge is 2.21. The molecule has 0 aliphatic heterocycles. The van der Waals surface area contributed by atoms with E-state index in [9.17, 15) is 0 Å². The van der Waals surface area contributed by atoms with E-state index in [-0.39, 0.29) is 12.1 Å². The summed E-state index contributed by atoms with van der Waals surface area (Å²) in [6.07, 6.45) is 7.88. The van der Waals surface area contributed by atoms with Crippen LogP contribution in [0.3, 0.4) is 0 Å². The second kappa shape index (κ2) is 8.90. The van der Waals surface area contributed by atoms with Crippen LogP contribution in [0.5, 0.6) is 11.8 Å². The lowest BCUT2D eigenvalue weighted by molar-refractivity contribution is 0.142. The molecule has 0 unspecified atom stereocenters. The summed E-state index contributed by atoms with van der Waals surface area (Å²) in [5.74, 6) is 1.77. The quantitative estimate of drug-likeness (QED) is 0.582. The largest absolute Gasteiger partial charge is 0.497 e. The zero-order chi connectivity index (χ0) is 21.1. The smallest absolute Gasteiger partial charge is 0.322 e. The van der Waals surface area contributed by atoms with Gasteiger partial charge in [0.15, 0.2) is 5.65 Å². The van der Waals surface area contributed by atoms with Crippen LogP contribution in [0.15, 0.2) is 30.5 Å². The first-order valence-electron chi connectivity index (χ1n) is 10.9. The van der Waals surface area contributed by atoms with Gasteiger partial charge in [-0.05, 0) is 56.2 Å². The van der Waals surface area contributed by atoms with Gasteiger partial charge in [0, 0.05) is 5.56 Å². The molecule has 1 saturated carbocycles. The highest BCUT2D eigenvalue weighted by Crippen LogP contribution is 2.28. The third kappa shape index (κ3) is 4.35. The molecule has 3 aromatic rings. The predicted octanol–water partition coefficient (Wildman–Crippen LogP) is 5.14. The van der Waals surface area contributed by atoms with Gasteiger partial charge in [-0.15, -0.1) is 0 Å². The molecule has 0 radical (unpaired) electrons. The third-order valence-corrected chi connectivity index (χ3v) is 5.76. The van der Waals surface area contributed by atoms with Crippen LogP contribution in [0.4, 0.5) is 5.95 Å². The lowest BCUT2D eigenvalue weighted by Gasteiger charge is -2.22. The third-order valence-electron chi connectivity index (χ3n) is 5.76. The fourth-order valence-electron chi connectivity index (χ4n) is 3.95. The van der Waals surface area contributed by atoms with Crippen LogP contribution in [0.2, 0.25) is 0 Å². The van der Waals surface area contributed by atoms with Gasteiger partial charge in [-0.2, -0.15) is 19.6 Å². The number of aromatic nitrogens is 4. The summed E-state index contributed by atoms with van der Waals surface area (Å²) >= 11 is 0. The highest BCUT2D eigenvalue weighted by molar-refractivity contribution is 5.53. The SMILES string of the molecule is COc1cccc([C@H](C)Nc2nc(OC3CCCCC3)nc3c(C(C)C)cnn23)c1. The molecule has 1 aliphatic carbocycles. The first kappa shape index (κ1) is 20.4. The van der Waals surface area contributed by atoms with E-state index in [0.29, 0.717) is 17.9 Å². The van der Waals surface area contributed by atoms with Crippen molar-refractivity contribution in [2.24, 2.45) is 0 Å². The molecule has 4 rings (SSSR count). The summed E-state index contributed by atoms with van der Waals surface area (Å²) < 4.78 is 13.4. The number of benzene rings is 1. The Kier molecular flexibility index (Phi) is 6.06. The number of nitrogens with one attached hydrogen (secondary N) is 1. The van der Waals surface area contributed by atoms with Crippen molar-refractivity contribution in [2.75, 3.05) is 12.4 Å². The first-order valence-corrected chi connectivity index (χ1v) is 10.9. The Bertz CT molecular complexity index is 994. The zero-order valence-electron chi connectivity index (χ0n) is 18.3. The topological polar surface area (TPSA) is 73.6 Å². The van der Waals surface area contributed by atoms with Crippen LogP contribution in [0.1, 0.15) is 76.0 Å². The predicted molar refractivity (Wildman–Crippen MR) is 117 cm³/mol. The van der Waals surface area contributed by atoms with Gasteiger partial charge in [0.05, 0.1) is 19.3 Å². The highest BCUT2D eigenvalue weighted by atomic mass is 16.5. The maximum absolute atomic E-state index is 6.21. The van der Waals surface area contributed by atoms with E-state index in [1.807, 2.05) is 24.4 Å².